The lowest BCUT2D eigenvalue weighted by Gasteiger charge is -2.25. The molecule has 5 nitrogen and oxygen atoms in total. The van der Waals surface area contributed by atoms with Crippen molar-refractivity contribution in [1.82, 2.24) is 9.88 Å². The summed E-state index contributed by atoms with van der Waals surface area (Å²) in [4.78, 5) is 9.44. The lowest BCUT2D eigenvalue weighted by Crippen LogP contribution is -2.30. The number of thioether (sulfide) groups is 1. The van der Waals surface area contributed by atoms with Crippen molar-refractivity contribution in [3.8, 4) is 12.1 Å². The Labute approximate surface area is 190 Å². The molecule has 0 atom stereocenters. The largest absolute Gasteiger partial charge is 0.354 e. The van der Waals surface area contributed by atoms with E-state index in [2.05, 4.69) is 60.2 Å². The topological polar surface area (TPSA) is 67.0 Å². The fourth-order valence-corrected chi connectivity index (χ4v) is 4.98. The molecule has 162 valence electrons. The zero-order valence-electron chi connectivity index (χ0n) is 18.8. The number of rotatable bonds is 7. The minimum atomic E-state index is 0.558. The number of anilines is 1. The van der Waals surface area contributed by atoms with E-state index in [0.29, 0.717) is 17.5 Å². The van der Waals surface area contributed by atoms with Gasteiger partial charge in [0.1, 0.15) is 23.0 Å². The number of hydrogen-bond donors (Lipinski definition) is 0. The number of nitriles is 2. The molecule has 0 bridgehead atoms. The van der Waals surface area contributed by atoms with Crippen molar-refractivity contribution in [2.75, 3.05) is 38.1 Å². The van der Waals surface area contributed by atoms with Crippen molar-refractivity contribution in [2.24, 2.45) is 0 Å². The van der Waals surface area contributed by atoms with Crippen LogP contribution >= 0.6 is 11.8 Å². The highest BCUT2D eigenvalue weighted by Crippen LogP contribution is 2.33. The molecule has 1 aromatic carbocycles. The van der Waals surface area contributed by atoms with Crippen LogP contribution in [0.4, 0.5) is 5.82 Å². The van der Waals surface area contributed by atoms with Gasteiger partial charge in [-0.05, 0) is 49.5 Å². The summed E-state index contributed by atoms with van der Waals surface area (Å²) in [6.07, 6.45) is 3.92. The van der Waals surface area contributed by atoms with Gasteiger partial charge in [0.15, 0.2) is 0 Å². The third-order valence-electron chi connectivity index (χ3n) is 5.78. The first kappa shape index (κ1) is 23.1. The van der Waals surface area contributed by atoms with Crippen LogP contribution in [-0.2, 0) is 18.6 Å². The normalized spacial score (nSPS) is 14.7. The van der Waals surface area contributed by atoms with Gasteiger partial charge in [0.2, 0.25) is 0 Å². The minimum Gasteiger partial charge on any atom is -0.354 e. The summed E-state index contributed by atoms with van der Waals surface area (Å²) in [5.74, 6) is 1.50. The molecule has 0 saturated carbocycles. The van der Waals surface area contributed by atoms with Crippen LogP contribution in [0, 0.1) is 22.7 Å². The summed E-state index contributed by atoms with van der Waals surface area (Å²) in [6.45, 7) is 7.92. The molecule has 1 fully saturated rings. The van der Waals surface area contributed by atoms with Crippen LogP contribution in [0.1, 0.15) is 54.5 Å². The Balaban J connectivity index is 1.93. The maximum atomic E-state index is 9.93. The molecule has 1 aliphatic rings. The van der Waals surface area contributed by atoms with E-state index in [1.54, 1.807) is 11.8 Å². The number of likely N-dealkylation sites (N-methyl/N-ethyl adjacent to an activating group) is 1. The molecule has 1 saturated heterocycles. The SMILES string of the molecule is CCCc1ccc(CSc2nc(N3CCCN(C)CC3)c(C#N)c(CC)c2C#N)cc1. The standard InChI is InChI=1S/C25H31N5S/c1-4-7-19-8-10-20(11-9-19)18-31-25-23(17-27)21(5-2)22(16-26)24(28-25)30-13-6-12-29(3)14-15-30/h8-11H,4-7,12-15,18H2,1-3H3. The summed E-state index contributed by atoms with van der Waals surface area (Å²) in [5.41, 5.74) is 4.52. The van der Waals surface area contributed by atoms with Crippen LogP contribution in [0.3, 0.4) is 0 Å². The number of nitrogens with zero attached hydrogens (tertiary/aromatic N) is 5. The molecule has 6 heteroatoms. The Morgan fingerprint density at radius 1 is 0.968 bits per heavy atom. The second kappa shape index (κ2) is 11.2. The van der Waals surface area contributed by atoms with E-state index in [-0.39, 0.29) is 0 Å². The Morgan fingerprint density at radius 2 is 1.68 bits per heavy atom. The zero-order chi connectivity index (χ0) is 22.2. The van der Waals surface area contributed by atoms with Gasteiger partial charge in [-0.3, -0.25) is 0 Å². The molecule has 31 heavy (non-hydrogen) atoms. The number of pyridine rings is 1. The first-order chi connectivity index (χ1) is 15.1. The molecule has 1 aromatic heterocycles. The summed E-state index contributed by atoms with van der Waals surface area (Å²) >= 11 is 1.60. The number of aryl methyl sites for hydroxylation is 1. The fourth-order valence-electron chi connectivity index (χ4n) is 4.02. The first-order valence-electron chi connectivity index (χ1n) is 11.1. The monoisotopic (exact) mass is 433 g/mol. The highest BCUT2D eigenvalue weighted by Gasteiger charge is 2.24. The first-order valence-corrected chi connectivity index (χ1v) is 12.1. The van der Waals surface area contributed by atoms with Gasteiger partial charge in [0.05, 0.1) is 11.1 Å². The zero-order valence-corrected chi connectivity index (χ0v) is 19.6. The molecule has 0 unspecified atom stereocenters. The summed E-state index contributed by atoms with van der Waals surface area (Å²) in [6, 6.07) is 13.4. The molecule has 0 spiro atoms. The van der Waals surface area contributed by atoms with E-state index in [9.17, 15) is 10.5 Å². The Bertz CT molecular complexity index is 971. The smallest absolute Gasteiger partial charge is 0.148 e. The average molecular weight is 434 g/mol. The van der Waals surface area contributed by atoms with E-state index >= 15 is 0 Å². The van der Waals surface area contributed by atoms with Crippen molar-refractivity contribution in [3.63, 3.8) is 0 Å². The predicted octanol–water partition coefficient (Wildman–Crippen LogP) is 4.77. The van der Waals surface area contributed by atoms with Crippen LogP contribution in [0.2, 0.25) is 0 Å². The van der Waals surface area contributed by atoms with Gasteiger partial charge < -0.3 is 9.80 Å². The number of aromatic nitrogens is 1. The van der Waals surface area contributed by atoms with Crippen LogP contribution in [0.5, 0.6) is 0 Å². The van der Waals surface area contributed by atoms with Crippen molar-refractivity contribution in [3.05, 3.63) is 52.1 Å². The van der Waals surface area contributed by atoms with Crippen molar-refractivity contribution < 1.29 is 0 Å². The molecule has 2 aromatic rings. The fraction of sp³-hybridized carbons (Fsp3) is 0.480. The van der Waals surface area contributed by atoms with Gasteiger partial charge >= 0.3 is 0 Å². The lowest BCUT2D eigenvalue weighted by atomic mass is 10.0. The summed E-state index contributed by atoms with van der Waals surface area (Å²) in [5, 5.41) is 20.6. The van der Waals surface area contributed by atoms with E-state index in [0.717, 1.165) is 67.6 Å². The van der Waals surface area contributed by atoms with Gasteiger partial charge in [-0.25, -0.2) is 4.98 Å². The average Bonchev–Trinajstić information content (AvgIpc) is 3.01. The van der Waals surface area contributed by atoms with Crippen molar-refractivity contribution in [2.45, 2.75) is 50.3 Å². The number of hydrogen-bond acceptors (Lipinski definition) is 6. The van der Waals surface area contributed by atoms with Crippen molar-refractivity contribution >= 4 is 17.6 Å². The van der Waals surface area contributed by atoms with Gasteiger partial charge in [-0.2, -0.15) is 10.5 Å². The molecule has 2 heterocycles. The molecular weight excluding hydrogens is 402 g/mol. The highest BCUT2D eigenvalue weighted by molar-refractivity contribution is 7.98. The maximum absolute atomic E-state index is 9.93. The van der Waals surface area contributed by atoms with E-state index in [1.807, 2.05) is 6.92 Å². The number of benzene rings is 1. The molecule has 0 radical (unpaired) electrons. The second-order valence-corrected chi connectivity index (χ2v) is 9.01. The van der Waals surface area contributed by atoms with E-state index in [1.165, 1.54) is 11.1 Å². The maximum Gasteiger partial charge on any atom is 0.148 e. The molecular formula is C25H31N5S. The second-order valence-electron chi connectivity index (χ2n) is 8.05. The summed E-state index contributed by atoms with van der Waals surface area (Å²) in [7, 11) is 2.13. The minimum absolute atomic E-state index is 0.558. The van der Waals surface area contributed by atoms with Gasteiger partial charge in [-0.1, -0.05) is 44.5 Å². The van der Waals surface area contributed by atoms with Gasteiger partial charge in [0.25, 0.3) is 0 Å². The van der Waals surface area contributed by atoms with Crippen LogP contribution in [0.25, 0.3) is 0 Å². The molecule has 0 amide bonds. The van der Waals surface area contributed by atoms with Crippen LogP contribution in [-0.4, -0.2) is 43.1 Å². The van der Waals surface area contributed by atoms with Gasteiger partial charge in [0, 0.05) is 25.4 Å². The quantitative estimate of drug-likeness (QED) is 0.586. The third kappa shape index (κ3) is 5.58. The van der Waals surface area contributed by atoms with Gasteiger partial charge in [-0.15, -0.1) is 11.8 Å². The predicted molar refractivity (Wildman–Crippen MR) is 127 cm³/mol. The Hall–Kier alpha value is -2.54. The summed E-state index contributed by atoms with van der Waals surface area (Å²) < 4.78 is 0. The molecule has 0 N–H and O–H groups in total. The molecule has 1 aliphatic heterocycles. The lowest BCUT2D eigenvalue weighted by molar-refractivity contribution is 0.360. The molecule has 0 aliphatic carbocycles. The van der Waals surface area contributed by atoms with E-state index in [4.69, 9.17) is 4.98 Å². The Kier molecular flexibility index (Phi) is 8.35. The van der Waals surface area contributed by atoms with Crippen molar-refractivity contribution in [1.29, 1.82) is 10.5 Å². The van der Waals surface area contributed by atoms with Crippen LogP contribution in [0.15, 0.2) is 29.3 Å². The van der Waals surface area contributed by atoms with Crippen LogP contribution < -0.4 is 4.90 Å². The van der Waals surface area contributed by atoms with E-state index < -0.39 is 0 Å². The highest BCUT2D eigenvalue weighted by atomic mass is 32.2. The molecule has 3 rings (SSSR count). The Morgan fingerprint density at radius 3 is 2.32 bits per heavy atom. The third-order valence-corrected chi connectivity index (χ3v) is 6.83.